The van der Waals surface area contributed by atoms with Crippen LogP contribution < -0.4 is 10.5 Å². The molecular formula is C19H33N5O2. The topological polar surface area (TPSA) is 84.6 Å². The van der Waals surface area contributed by atoms with Crippen molar-refractivity contribution >= 4 is 11.6 Å². The van der Waals surface area contributed by atoms with Crippen LogP contribution in [0.4, 0.5) is 5.69 Å². The van der Waals surface area contributed by atoms with Gasteiger partial charge in [-0.3, -0.25) is 4.79 Å². The van der Waals surface area contributed by atoms with Gasteiger partial charge in [-0.25, -0.2) is 0 Å². The number of piperidine rings is 1. The number of nitrogens with two attached hydrogens (primary N) is 1. The molecule has 2 N–H and O–H groups in total. The Hall–Kier alpha value is -1.89. The summed E-state index contributed by atoms with van der Waals surface area (Å²) in [6, 6.07) is 0.507. The number of likely N-dealkylation sites (N-methyl/N-ethyl adjacent to an activating group) is 1. The summed E-state index contributed by atoms with van der Waals surface area (Å²) in [5.41, 5.74) is 7.75. The van der Waals surface area contributed by atoms with Crippen molar-refractivity contribution in [1.82, 2.24) is 19.8 Å². The molecule has 1 aliphatic carbocycles. The van der Waals surface area contributed by atoms with E-state index in [1.807, 2.05) is 11.9 Å². The summed E-state index contributed by atoms with van der Waals surface area (Å²) < 4.78 is 5.50. The maximum Gasteiger partial charge on any atom is 0.317 e. The third-order valence-corrected chi connectivity index (χ3v) is 5.34. The second-order valence-corrected chi connectivity index (χ2v) is 7.36. The lowest BCUT2D eigenvalue weighted by molar-refractivity contribution is -0.135. The highest BCUT2D eigenvalue weighted by molar-refractivity contribution is 5.77. The second kappa shape index (κ2) is 8.66. The van der Waals surface area contributed by atoms with Crippen molar-refractivity contribution in [2.45, 2.75) is 53.0 Å². The van der Waals surface area contributed by atoms with Crippen LogP contribution in [-0.4, -0.2) is 65.0 Å². The molecule has 0 unspecified atom stereocenters. The van der Waals surface area contributed by atoms with Gasteiger partial charge in [-0.15, -0.1) is 0 Å². The Labute approximate surface area is 156 Å². The third kappa shape index (κ3) is 5.06. The number of carbonyl (C=O) groups excluding carboxylic acids is 1. The minimum Gasteiger partial charge on any atom is -0.453 e. The SMILES string of the molecule is C.Cc1nc(OCC(=O)N(C)C2CCN(CC3CC3)CC2)nc(C)c1N. The summed E-state index contributed by atoms with van der Waals surface area (Å²) in [6.07, 6.45) is 4.85. The number of carbonyl (C=O) groups is 1. The number of hydrogen-bond donors (Lipinski definition) is 1. The van der Waals surface area contributed by atoms with Crippen molar-refractivity contribution < 1.29 is 9.53 Å². The van der Waals surface area contributed by atoms with Gasteiger partial charge in [-0.05, 0) is 45.4 Å². The predicted octanol–water partition coefficient (Wildman–Crippen LogP) is 2.02. The van der Waals surface area contributed by atoms with Crippen LogP contribution in [0.25, 0.3) is 0 Å². The van der Waals surface area contributed by atoms with Gasteiger partial charge < -0.3 is 20.3 Å². The van der Waals surface area contributed by atoms with Gasteiger partial charge in [0.25, 0.3) is 5.91 Å². The van der Waals surface area contributed by atoms with Crippen LogP contribution >= 0.6 is 0 Å². The molecule has 2 fully saturated rings. The zero-order valence-electron chi connectivity index (χ0n) is 15.5. The molecule has 0 atom stereocenters. The van der Waals surface area contributed by atoms with Gasteiger partial charge in [0.1, 0.15) is 0 Å². The molecule has 0 spiro atoms. The lowest BCUT2D eigenvalue weighted by Gasteiger charge is -2.36. The molecule has 7 nitrogen and oxygen atoms in total. The number of likely N-dealkylation sites (tertiary alicyclic amines) is 1. The van der Waals surface area contributed by atoms with Crippen molar-refractivity contribution in [3.05, 3.63) is 11.4 Å². The summed E-state index contributed by atoms with van der Waals surface area (Å²) in [7, 11) is 1.87. The average molecular weight is 364 g/mol. The van der Waals surface area contributed by atoms with Crippen LogP contribution in [-0.2, 0) is 4.79 Å². The largest absolute Gasteiger partial charge is 0.453 e. The number of nitrogens with zero attached hydrogens (tertiary/aromatic N) is 4. The quantitative estimate of drug-likeness (QED) is 0.832. The fourth-order valence-electron chi connectivity index (χ4n) is 3.35. The molecule has 146 valence electrons. The van der Waals surface area contributed by atoms with Crippen LogP contribution in [0.2, 0.25) is 0 Å². The first kappa shape index (κ1) is 20.4. The molecule has 3 rings (SSSR count). The molecule has 1 saturated heterocycles. The van der Waals surface area contributed by atoms with Crippen LogP contribution in [0.15, 0.2) is 0 Å². The maximum absolute atomic E-state index is 12.4. The molecule has 2 heterocycles. The zero-order chi connectivity index (χ0) is 18.0. The zero-order valence-corrected chi connectivity index (χ0v) is 15.5. The van der Waals surface area contributed by atoms with E-state index in [4.69, 9.17) is 10.5 Å². The summed E-state index contributed by atoms with van der Waals surface area (Å²) in [5, 5.41) is 0. The Bertz CT molecular complexity index is 601. The van der Waals surface area contributed by atoms with Gasteiger partial charge >= 0.3 is 6.01 Å². The Morgan fingerprint density at radius 2 is 1.77 bits per heavy atom. The molecule has 1 saturated carbocycles. The van der Waals surface area contributed by atoms with Gasteiger partial charge in [-0.1, -0.05) is 7.43 Å². The Balaban J connectivity index is 0.00000243. The summed E-state index contributed by atoms with van der Waals surface area (Å²) >= 11 is 0. The fourth-order valence-corrected chi connectivity index (χ4v) is 3.35. The molecule has 0 aromatic carbocycles. The van der Waals surface area contributed by atoms with Crippen molar-refractivity contribution in [2.24, 2.45) is 5.92 Å². The first-order chi connectivity index (χ1) is 11.9. The molecule has 0 radical (unpaired) electrons. The number of nitrogen functional groups attached to an aromatic ring is 1. The van der Waals surface area contributed by atoms with Crippen molar-refractivity contribution in [3.8, 4) is 6.01 Å². The van der Waals surface area contributed by atoms with E-state index in [2.05, 4.69) is 14.9 Å². The first-order valence-electron chi connectivity index (χ1n) is 9.15. The predicted molar refractivity (Wildman–Crippen MR) is 103 cm³/mol. The summed E-state index contributed by atoms with van der Waals surface area (Å²) in [4.78, 5) is 25.2. The van der Waals surface area contributed by atoms with Gasteiger partial charge in [0.05, 0.1) is 17.1 Å². The van der Waals surface area contributed by atoms with Crippen LogP contribution in [0.3, 0.4) is 0 Å². The van der Waals surface area contributed by atoms with Gasteiger partial charge in [0, 0.05) is 32.7 Å². The number of ether oxygens (including phenoxy) is 1. The van der Waals surface area contributed by atoms with Crippen molar-refractivity contribution in [3.63, 3.8) is 0 Å². The number of anilines is 1. The van der Waals surface area contributed by atoms with E-state index < -0.39 is 0 Å². The van der Waals surface area contributed by atoms with Crippen molar-refractivity contribution in [2.75, 3.05) is 39.0 Å². The minimum absolute atomic E-state index is 0. The molecule has 0 bridgehead atoms. The molecular weight excluding hydrogens is 330 g/mol. The Morgan fingerprint density at radius 3 is 2.31 bits per heavy atom. The number of hydrogen-bond acceptors (Lipinski definition) is 6. The van der Waals surface area contributed by atoms with Gasteiger partial charge in [0.2, 0.25) is 0 Å². The number of aryl methyl sites for hydroxylation is 2. The maximum atomic E-state index is 12.4. The number of amides is 1. The highest BCUT2D eigenvalue weighted by atomic mass is 16.5. The molecule has 1 aliphatic heterocycles. The molecule has 1 amide bonds. The smallest absolute Gasteiger partial charge is 0.317 e. The Kier molecular flexibility index (Phi) is 6.81. The second-order valence-electron chi connectivity index (χ2n) is 7.36. The number of rotatable bonds is 6. The van der Waals surface area contributed by atoms with E-state index in [1.54, 1.807) is 13.8 Å². The normalized spacial score (nSPS) is 18.3. The van der Waals surface area contributed by atoms with E-state index in [-0.39, 0.29) is 26.0 Å². The molecule has 26 heavy (non-hydrogen) atoms. The monoisotopic (exact) mass is 363 g/mol. The van der Waals surface area contributed by atoms with E-state index in [0.717, 1.165) is 31.8 Å². The molecule has 1 aromatic heterocycles. The van der Waals surface area contributed by atoms with Gasteiger partial charge in [-0.2, -0.15) is 9.97 Å². The van der Waals surface area contributed by atoms with Crippen LogP contribution in [0, 0.1) is 19.8 Å². The highest BCUT2D eigenvalue weighted by Gasteiger charge is 2.29. The standard InChI is InChI=1S/C18H29N5O2.CH4/c1-12-17(19)13(2)21-18(20-12)25-11-16(24)22(3)15-6-8-23(9-7-15)10-14-4-5-14;/h14-15H,4-11,19H2,1-3H3;1H4. The van der Waals surface area contributed by atoms with E-state index in [9.17, 15) is 4.79 Å². The molecule has 7 heteroatoms. The fraction of sp³-hybridized carbons (Fsp3) is 0.737. The molecule has 2 aliphatic rings. The minimum atomic E-state index is -0.0401. The Morgan fingerprint density at radius 1 is 1.19 bits per heavy atom. The van der Waals surface area contributed by atoms with Crippen LogP contribution in [0.1, 0.15) is 44.5 Å². The first-order valence-corrected chi connectivity index (χ1v) is 9.15. The summed E-state index contributed by atoms with van der Waals surface area (Å²) in [5.74, 6) is 0.896. The number of aromatic nitrogens is 2. The molecule has 1 aromatic rings. The van der Waals surface area contributed by atoms with Crippen LogP contribution in [0.5, 0.6) is 6.01 Å². The van der Waals surface area contributed by atoms with E-state index >= 15 is 0 Å². The van der Waals surface area contributed by atoms with Crippen molar-refractivity contribution in [1.29, 1.82) is 0 Å². The average Bonchev–Trinajstić information content (AvgIpc) is 3.41. The van der Waals surface area contributed by atoms with E-state index in [1.165, 1.54) is 19.4 Å². The van der Waals surface area contributed by atoms with Gasteiger partial charge in [0.15, 0.2) is 6.61 Å². The van der Waals surface area contributed by atoms with E-state index in [0.29, 0.717) is 23.1 Å². The summed E-state index contributed by atoms with van der Waals surface area (Å²) in [6.45, 7) is 6.97. The third-order valence-electron chi connectivity index (χ3n) is 5.34. The highest BCUT2D eigenvalue weighted by Crippen LogP contribution is 2.30. The lowest BCUT2D eigenvalue weighted by atomic mass is 10.0. The lowest BCUT2D eigenvalue weighted by Crippen LogP contribution is -2.47.